The third-order valence-electron chi connectivity index (χ3n) is 4.20. The van der Waals surface area contributed by atoms with Gasteiger partial charge in [0.25, 0.3) is 0 Å². The molecule has 0 saturated carbocycles. The van der Waals surface area contributed by atoms with Crippen molar-refractivity contribution in [3.63, 3.8) is 0 Å². The number of fused-ring (bicyclic) bond motifs is 1. The van der Waals surface area contributed by atoms with E-state index in [0.717, 1.165) is 0 Å². The number of ether oxygens (including phenoxy) is 3. The van der Waals surface area contributed by atoms with E-state index in [9.17, 15) is 9.59 Å². The summed E-state index contributed by atoms with van der Waals surface area (Å²) in [5, 5.41) is 3.67. The molecule has 2 aromatic carbocycles. The van der Waals surface area contributed by atoms with E-state index in [4.69, 9.17) is 25.8 Å². The second kappa shape index (κ2) is 7.88. The van der Waals surface area contributed by atoms with Gasteiger partial charge < -0.3 is 19.5 Å². The van der Waals surface area contributed by atoms with E-state index in [-0.39, 0.29) is 13.2 Å². The summed E-state index contributed by atoms with van der Waals surface area (Å²) in [5.74, 6) is -1.26. The third kappa shape index (κ3) is 3.45. The van der Waals surface area contributed by atoms with Crippen LogP contribution in [0.5, 0.6) is 5.75 Å². The maximum atomic E-state index is 12.9. The van der Waals surface area contributed by atoms with Crippen LogP contribution in [0.2, 0.25) is 5.02 Å². The van der Waals surface area contributed by atoms with Crippen LogP contribution in [0.25, 0.3) is 0 Å². The van der Waals surface area contributed by atoms with E-state index in [0.29, 0.717) is 22.0 Å². The lowest BCUT2D eigenvalue weighted by molar-refractivity contribution is -0.179. The smallest absolute Gasteiger partial charge is 0.365 e. The van der Waals surface area contributed by atoms with E-state index >= 15 is 0 Å². The van der Waals surface area contributed by atoms with Gasteiger partial charge in [-0.25, -0.2) is 9.59 Å². The van der Waals surface area contributed by atoms with Gasteiger partial charge in [0.2, 0.25) is 0 Å². The first kappa shape index (κ1) is 19.0. The van der Waals surface area contributed by atoms with Crippen LogP contribution < -0.4 is 10.1 Å². The van der Waals surface area contributed by atoms with E-state index in [1.807, 2.05) is 30.3 Å². The fraction of sp³-hybridized carbons (Fsp3) is 0.300. The Labute approximate surface area is 162 Å². The van der Waals surface area contributed by atoms with Crippen molar-refractivity contribution in [1.29, 1.82) is 0 Å². The molecule has 3 rings (SSSR count). The molecule has 0 aliphatic carbocycles. The SMILES string of the molecule is CCOC(=O)C1(C(=O)OCC)Oc2ccc(Cl)cc2C1Nc1ccccc1. The summed E-state index contributed by atoms with van der Waals surface area (Å²) >= 11 is 6.15. The highest BCUT2D eigenvalue weighted by Gasteiger charge is 2.63. The van der Waals surface area contributed by atoms with Gasteiger partial charge in [0, 0.05) is 16.3 Å². The molecule has 1 unspecified atom stereocenters. The number of benzene rings is 2. The standard InChI is InChI=1S/C20H20ClNO5/c1-3-25-18(23)20(19(24)26-4-2)17(22-14-8-6-5-7-9-14)15-12-13(21)10-11-16(15)27-20/h5-12,17,22H,3-4H2,1-2H3. The summed E-state index contributed by atoms with van der Waals surface area (Å²) in [6, 6.07) is 13.2. The summed E-state index contributed by atoms with van der Waals surface area (Å²) in [6.45, 7) is 3.52. The minimum atomic E-state index is -2.01. The number of esters is 2. The van der Waals surface area contributed by atoms with Gasteiger partial charge in [0.1, 0.15) is 11.8 Å². The monoisotopic (exact) mass is 389 g/mol. The molecule has 0 spiro atoms. The lowest BCUT2D eigenvalue weighted by Crippen LogP contribution is -2.57. The second-order valence-electron chi connectivity index (χ2n) is 5.90. The van der Waals surface area contributed by atoms with Crippen LogP contribution in [0.15, 0.2) is 48.5 Å². The summed E-state index contributed by atoms with van der Waals surface area (Å²) in [6.07, 6.45) is 0. The molecule has 7 heteroatoms. The average molecular weight is 390 g/mol. The zero-order valence-corrected chi connectivity index (χ0v) is 15.8. The number of carbonyl (C=O) groups is 2. The highest BCUT2D eigenvalue weighted by Crippen LogP contribution is 2.47. The molecule has 1 aliphatic heterocycles. The average Bonchev–Trinajstić information content (AvgIpc) is 2.98. The number of rotatable bonds is 6. The molecule has 27 heavy (non-hydrogen) atoms. The normalized spacial score (nSPS) is 16.8. The summed E-state index contributed by atoms with van der Waals surface area (Å²) in [7, 11) is 0. The number of halogens is 1. The summed E-state index contributed by atoms with van der Waals surface area (Å²) in [4.78, 5) is 25.8. The topological polar surface area (TPSA) is 73.9 Å². The Morgan fingerprint density at radius 3 is 2.30 bits per heavy atom. The van der Waals surface area contributed by atoms with Crippen LogP contribution in [-0.4, -0.2) is 30.8 Å². The van der Waals surface area contributed by atoms with Gasteiger partial charge in [0.15, 0.2) is 0 Å². The molecule has 0 radical (unpaired) electrons. The predicted octanol–water partition coefficient (Wildman–Crippen LogP) is 3.75. The number of nitrogens with one attached hydrogen (secondary N) is 1. The van der Waals surface area contributed by atoms with E-state index in [1.165, 1.54) is 0 Å². The number of hydrogen-bond acceptors (Lipinski definition) is 6. The first-order chi connectivity index (χ1) is 13.0. The van der Waals surface area contributed by atoms with Crippen molar-refractivity contribution in [2.24, 2.45) is 0 Å². The van der Waals surface area contributed by atoms with Crippen molar-refractivity contribution in [2.75, 3.05) is 18.5 Å². The molecule has 0 amide bonds. The predicted molar refractivity (Wildman–Crippen MR) is 101 cm³/mol. The van der Waals surface area contributed by atoms with Crippen molar-refractivity contribution >= 4 is 29.2 Å². The van der Waals surface area contributed by atoms with Gasteiger partial charge in [-0.2, -0.15) is 0 Å². The van der Waals surface area contributed by atoms with Gasteiger partial charge >= 0.3 is 17.5 Å². The Bertz CT molecular complexity index is 822. The van der Waals surface area contributed by atoms with Crippen molar-refractivity contribution < 1.29 is 23.8 Å². The molecule has 2 aromatic rings. The lowest BCUT2D eigenvalue weighted by atomic mass is 9.90. The quantitative estimate of drug-likeness (QED) is 0.599. The summed E-state index contributed by atoms with van der Waals surface area (Å²) in [5.41, 5.74) is -0.723. The fourth-order valence-electron chi connectivity index (χ4n) is 3.05. The first-order valence-electron chi connectivity index (χ1n) is 8.67. The first-order valence-corrected chi connectivity index (χ1v) is 9.05. The van der Waals surface area contributed by atoms with Gasteiger partial charge in [-0.3, -0.25) is 0 Å². The highest BCUT2D eigenvalue weighted by molar-refractivity contribution is 6.30. The lowest BCUT2D eigenvalue weighted by Gasteiger charge is -2.30. The minimum absolute atomic E-state index is 0.0957. The van der Waals surface area contributed by atoms with Crippen molar-refractivity contribution in [2.45, 2.75) is 25.5 Å². The Kier molecular flexibility index (Phi) is 5.56. The van der Waals surface area contributed by atoms with Gasteiger partial charge in [-0.15, -0.1) is 0 Å². The highest BCUT2D eigenvalue weighted by atomic mass is 35.5. The van der Waals surface area contributed by atoms with Crippen LogP contribution in [0.3, 0.4) is 0 Å². The third-order valence-corrected chi connectivity index (χ3v) is 4.44. The maximum Gasteiger partial charge on any atom is 0.365 e. The molecule has 1 N–H and O–H groups in total. The molecule has 0 fully saturated rings. The number of carbonyl (C=O) groups excluding carboxylic acids is 2. The largest absolute Gasteiger partial charge is 0.462 e. The van der Waals surface area contributed by atoms with Crippen LogP contribution in [0, 0.1) is 0 Å². The molecule has 6 nitrogen and oxygen atoms in total. The van der Waals surface area contributed by atoms with Crippen molar-refractivity contribution in [3.05, 3.63) is 59.1 Å². The Balaban J connectivity index is 2.14. The van der Waals surface area contributed by atoms with Crippen molar-refractivity contribution in [3.8, 4) is 5.75 Å². The van der Waals surface area contributed by atoms with Crippen LogP contribution in [0.4, 0.5) is 5.69 Å². The molecular formula is C20H20ClNO5. The minimum Gasteiger partial charge on any atom is -0.462 e. The van der Waals surface area contributed by atoms with Gasteiger partial charge in [-0.05, 0) is 44.2 Å². The molecular weight excluding hydrogens is 370 g/mol. The molecule has 1 atom stereocenters. The van der Waals surface area contributed by atoms with E-state index < -0.39 is 23.6 Å². The molecule has 0 aromatic heterocycles. The van der Waals surface area contributed by atoms with Crippen LogP contribution >= 0.6 is 11.6 Å². The summed E-state index contributed by atoms with van der Waals surface area (Å²) < 4.78 is 16.3. The number of para-hydroxylation sites is 1. The molecule has 0 saturated heterocycles. The van der Waals surface area contributed by atoms with Crippen LogP contribution in [-0.2, 0) is 19.1 Å². The van der Waals surface area contributed by atoms with Crippen molar-refractivity contribution in [1.82, 2.24) is 0 Å². The number of hydrogen-bond donors (Lipinski definition) is 1. The van der Waals surface area contributed by atoms with Gasteiger partial charge in [-0.1, -0.05) is 29.8 Å². The second-order valence-corrected chi connectivity index (χ2v) is 6.34. The van der Waals surface area contributed by atoms with E-state index in [2.05, 4.69) is 5.32 Å². The molecule has 0 bridgehead atoms. The Morgan fingerprint density at radius 1 is 1.07 bits per heavy atom. The zero-order chi connectivity index (χ0) is 19.4. The molecule has 1 aliphatic rings. The van der Waals surface area contributed by atoms with Crippen LogP contribution in [0.1, 0.15) is 25.5 Å². The van der Waals surface area contributed by atoms with Gasteiger partial charge in [0.05, 0.1) is 13.2 Å². The molecule has 1 heterocycles. The maximum absolute atomic E-state index is 12.9. The Morgan fingerprint density at radius 2 is 1.70 bits per heavy atom. The fourth-order valence-corrected chi connectivity index (χ4v) is 3.23. The number of anilines is 1. The zero-order valence-electron chi connectivity index (χ0n) is 15.0. The molecule has 142 valence electrons. The Hall–Kier alpha value is -2.73. The van der Waals surface area contributed by atoms with E-state index in [1.54, 1.807) is 32.0 Å².